The van der Waals surface area contributed by atoms with E-state index in [0.717, 1.165) is 30.8 Å². The minimum absolute atomic E-state index is 0.0895. The van der Waals surface area contributed by atoms with Crippen molar-refractivity contribution in [2.75, 3.05) is 19.8 Å². The molecule has 2 heterocycles. The van der Waals surface area contributed by atoms with Crippen molar-refractivity contribution < 1.29 is 18.7 Å². The van der Waals surface area contributed by atoms with E-state index in [1.54, 1.807) is 0 Å². The maximum absolute atomic E-state index is 12.5. The van der Waals surface area contributed by atoms with Gasteiger partial charge < -0.3 is 19.2 Å². The molecule has 0 unspecified atom stereocenters. The Labute approximate surface area is 201 Å². The summed E-state index contributed by atoms with van der Waals surface area (Å²) < 4.78 is 16.8. The SMILES string of the molecule is CCOc1ccc(CN(Cc2nc(C(=O)NC[C@H]3CCCO3)co2)[C@H](C)c2ccccc2)cc1. The van der Waals surface area contributed by atoms with Crippen LogP contribution in [0.2, 0.25) is 0 Å². The average molecular weight is 464 g/mol. The second-order valence-corrected chi connectivity index (χ2v) is 8.54. The molecule has 0 bridgehead atoms. The standard InChI is InChI=1S/C27H33N3O4/c1-3-32-23-13-11-21(12-14-23)17-30(20(2)22-8-5-4-6-9-22)18-26-29-25(19-34-26)27(31)28-16-24-10-7-15-33-24/h4-6,8-9,11-14,19-20,24H,3,7,10,15-18H2,1-2H3,(H,28,31)/t20-,24-/m1/s1. The molecule has 0 spiro atoms. The molecule has 0 saturated carbocycles. The molecule has 0 radical (unpaired) electrons. The number of hydrogen-bond donors (Lipinski definition) is 1. The van der Waals surface area contributed by atoms with E-state index in [1.807, 2.05) is 37.3 Å². The number of amides is 1. The zero-order valence-electron chi connectivity index (χ0n) is 19.9. The second-order valence-electron chi connectivity index (χ2n) is 8.54. The van der Waals surface area contributed by atoms with Crippen molar-refractivity contribution in [2.45, 2.75) is 51.9 Å². The topological polar surface area (TPSA) is 76.8 Å². The van der Waals surface area contributed by atoms with Gasteiger partial charge in [0.05, 0.1) is 19.3 Å². The van der Waals surface area contributed by atoms with Crippen molar-refractivity contribution in [3.8, 4) is 5.75 Å². The van der Waals surface area contributed by atoms with Gasteiger partial charge in [-0.25, -0.2) is 4.98 Å². The number of nitrogens with one attached hydrogen (secondary N) is 1. The molecule has 0 aliphatic carbocycles. The van der Waals surface area contributed by atoms with Crippen LogP contribution in [-0.4, -0.2) is 41.7 Å². The number of hydrogen-bond acceptors (Lipinski definition) is 6. The van der Waals surface area contributed by atoms with Crippen molar-refractivity contribution in [1.29, 1.82) is 0 Å². The zero-order chi connectivity index (χ0) is 23.8. The lowest BCUT2D eigenvalue weighted by molar-refractivity contribution is 0.0853. The smallest absolute Gasteiger partial charge is 0.273 e. The molecule has 7 nitrogen and oxygen atoms in total. The monoisotopic (exact) mass is 463 g/mol. The van der Waals surface area contributed by atoms with E-state index in [1.165, 1.54) is 11.8 Å². The minimum Gasteiger partial charge on any atom is -0.494 e. The Kier molecular flexibility index (Phi) is 8.33. The highest BCUT2D eigenvalue weighted by Crippen LogP contribution is 2.25. The highest BCUT2D eigenvalue weighted by atomic mass is 16.5. The van der Waals surface area contributed by atoms with Crippen LogP contribution >= 0.6 is 0 Å². The molecular weight excluding hydrogens is 430 g/mol. The summed E-state index contributed by atoms with van der Waals surface area (Å²) in [5.41, 5.74) is 2.66. The van der Waals surface area contributed by atoms with Gasteiger partial charge in [-0.1, -0.05) is 42.5 Å². The number of carbonyl (C=O) groups is 1. The molecule has 34 heavy (non-hydrogen) atoms. The van der Waals surface area contributed by atoms with Gasteiger partial charge >= 0.3 is 0 Å². The summed E-state index contributed by atoms with van der Waals surface area (Å²) in [6, 6.07) is 18.6. The third kappa shape index (κ3) is 6.46. The van der Waals surface area contributed by atoms with Crippen molar-refractivity contribution in [2.24, 2.45) is 0 Å². The predicted octanol–water partition coefficient (Wildman–Crippen LogP) is 4.75. The summed E-state index contributed by atoms with van der Waals surface area (Å²) in [5.74, 6) is 1.14. The van der Waals surface area contributed by atoms with E-state index in [-0.39, 0.29) is 18.1 Å². The third-order valence-corrected chi connectivity index (χ3v) is 6.09. The molecule has 3 aromatic rings. The molecule has 1 N–H and O–H groups in total. The molecule has 1 amide bonds. The highest BCUT2D eigenvalue weighted by Gasteiger charge is 2.22. The Morgan fingerprint density at radius 2 is 1.97 bits per heavy atom. The number of carbonyl (C=O) groups excluding carboxylic acids is 1. The van der Waals surface area contributed by atoms with E-state index >= 15 is 0 Å². The van der Waals surface area contributed by atoms with E-state index < -0.39 is 0 Å². The molecule has 1 aliphatic heterocycles. The Hall–Kier alpha value is -3.16. The quantitative estimate of drug-likeness (QED) is 0.442. The summed E-state index contributed by atoms with van der Waals surface area (Å²) in [5, 5.41) is 2.90. The lowest BCUT2D eigenvalue weighted by Gasteiger charge is -2.28. The summed E-state index contributed by atoms with van der Waals surface area (Å²) >= 11 is 0. The summed E-state index contributed by atoms with van der Waals surface area (Å²) in [6.45, 7) is 7.22. The summed E-state index contributed by atoms with van der Waals surface area (Å²) in [6.07, 6.45) is 3.54. The van der Waals surface area contributed by atoms with Gasteiger partial charge in [-0.3, -0.25) is 9.69 Å². The first-order valence-corrected chi connectivity index (χ1v) is 12.0. The fourth-order valence-electron chi connectivity index (χ4n) is 4.13. The third-order valence-electron chi connectivity index (χ3n) is 6.09. The van der Waals surface area contributed by atoms with E-state index in [4.69, 9.17) is 13.9 Å². The van der Waals surface area contributed by atoms with Crippen LogP contribution in [0.1, 0.15) is 60.2 Å². The highest BCUT2D eigenvalue weighted by molar-refractivity contribution is 5.91. The van der Waals surface area contributed by atoms with Gasteiger partial charge in [0.25, 0.3) is 5.91 Å². The number of nitrogens with zero attached hydrogens (tertiary/aromatic N) is 2. The van der Waals surface area contributed by atoms with Gasteiger partial charge in [0.1, 0.15) is 12.0 Å². The largest absolute Gasteiger partial charge is 0.494 e. The number of aromatic nitrogens is 1. The fourth-order valence-corrected chi connectivity index (χ4v) is 4.13. The Balaban J connectivity index is 1.45. The second kappa shape index (κ2) is 11.8. The Morgan fingerprint density at radius 1 is 1.18 bits per heavy atom. The summed E-state index contributed by atoms with van der Waals surface area (Å²) in [4.78, 5) is 19.3. The first-order valence-electron chi connectivity index (χ1n) is 12.0. The average Bonchev–Trinajstić information content (AvgIpc) is 3.56. The van der Waals surface area contributed by atoms with Crippen molar-refractivity contribution in [1.82, 2.24) is 15.2 Å². The van der Waals surface area contributed by atoms with Crippen LogP contribution in [0.15, 0.2) is 65.3 Å². The van der Waals surface area contributed by atoms with Gasteiger partial charge in [0.2, 0.25) is 5.89 Å². The normalized spacial score (nSPS) is 16.5. The van der Waals surface area contributed by atoms with Crippen LogP contribution in [0, 0.1) is 0 Å². The van der Waals surface area contributed by atoms with Crippen molar-refractivity contribution in [3.05, 3.63) is 83.6 Å². The van der Waals surface area contributed by atoms with Crippen LogP contribution in [0.25, 0.3) is 0 Å². The van der Waals surface area contributed by atoms with Gasteiger partial charge in [0, 0.05) is 25.7 Å². The van der Waals surface area contributed by atoms with Crippen molar-refractivity contribution in [3.63, 3.8) is 0 Å². The van der Waals surface area contributed by atoms with Crippen LogP contribution in [0.3, 0.4) is 0 Å². The molecule has 2 aromatic carbocycles. The number of ether oxygens (including phenoxy) is 2. The molecule has 4 rings (SSSR count). The lowest BCUT2D eigenvalue weighted by atomic mass is 10.1. The molecule has 2 atom stereocenters. The van der Waals surface area contributed by atoms with E-state index in [2.05, 4.69) is 46.4 Å². The molecule has 180 valence electrons. The molecule has 1 saturated heterocycles. The molecule has 1 aromatic heterocycles. The van der Waals surface area contributed by atoms with E-state index in [9.17, 15) is 4.79 Å². The number of benzene rings is 2. The van der Waals surface area contributed by atoms with Crippen LogP contribution in [-0.2, 0) is 17.8 Å². The molecule has 7 heteroatoms. The fraction of sp³-hybridized carbons (Fsp3) is 0.407. The molecular formula is C27H33N3O4. The van der Waals surface area contributed by atoms with Gasteiger partial charge in [0.15, 0.2) is 5.69 Å². The zero-order valence-corrected chi connectivity index (χ0v) is 19.9. The number of rotatable bonds is 11. The lowest BCUT2D eigenvalue weighted by Crippen LogP contribution is -2.32. The summed E-state index contributed by atoms with van der Waals surface area (Å²) in [7, 11) is 0. The first kappa shape index (κ1) is 24.0. The first-order chi connectivity index (χ1) is 16.6. The molecule has 1 aliphatic rings. The Bertz CT molecular complexity index is 1030. The van der Waals surface area contributed by atoms with Crippen molar-refractivity contribution >= 4 is 5.91 Å². The van der Waals surface area contributed by atoms with Gasteiger partial charge in [-0.2, -0.15) is 0 Å². The minimum atomic E-state index is -0.236. The predicted molar refractivity (Wildman–Crippen MR) is 130 cm³/mol. The van der Waals surface area contributed by atoms with Crippen LogP contribution < -0.4 is 10.1 Å². The molecule has 1 fully saturated rings. The van der Waals surface area contributed by atoms with Gasteiger partial charge in [-0.15, -0.1) is 0 Å². The van der Waals surface area contributed by atoms with E-state index in [0.29, 0.717) is 37.8 Å². The van der Waals surface area contributed by atoms with Crippen LogP contribution in [0.4, 0.5) is 0 Å². The maximum Gasteiger partial charge on any atom is 0.273 e. The number of oxazole rings is 1. The van der Waals surface area contributed by atoms with Gasteiger partial charge in [-0.05, 0) is 49.9 Å². The Morgan fingerprint density at radius 3 is 2.68 bits per heavy atom. The maximum atomic E-state index is 12.5. The van der Waals surface area contributed by atoms with Crippen LogP contribution in [0.5, 0.6) is 5.75 Å².